The van der Waals surface area contributed by atoms with Gasteiger partial charge in [0.15, 0.2) is 0 Å². The first-order valence-corrected chi connectivity index (χ1v) is 5.76. The SMILES string of the molecule is CNS(=O)(=O)CCNC(=O)C(C)(C)O. The van der Waals surface area contributed by atoms with Gasteiger partial charge in [0.05, 0.1) is 5.75 Å². The van der Waals surface area contributed by atoms with Crippen LogP contribution in [-0.2, 0) is 14.8 Å². The monoisotopic (exact) mass is 224 g/mol. The first kappa shape index (κ1) is 13.3. The molecule has 0 aromatic rings. The number of hydrogen-bond acceptors (Lipinski definition) is 4. The molecule has 0 bridgehead atoms. The van der Waals surface area contributed by atoms with Crippen LogP contribution in [0.4, 0.5) is 0 Å². The topological polar surface area (TPSA) is 95.5 Å². The number of carbonyl (C=O) groups is 1. The fraction of sp³-hybridized carbons (Fsp3) is 0.857. The minimum atomic E-state index is -3.31. The fourth-order valence-corrected chi connectivity index (χ4v) is 1.19. The molecular weight excluding hydrogens is 208 g/mol. The number of rotatable bonds is 5. The Morgan fingerprint density at radius 3 is 2.29 bits per heavy atom. The van der Waals surface area contributed by atoms with E-state index in [9.17, 15) is 18.3 Å². The third kappa shape index (κ3) is 5.15. The summed E-state index contributed by atoms with van der Waals surface area (Å²) in [4.78, 5) is 11.1. The van der Waals surface area contributed by atoms with Crippen LogP contribution >= 0.6 is 0 Å². The molecule has 0 saturated heterocycles. The molecule has 6 nitrogen and oxygen atoms in total. The van der Waals surface area contributed by atoms with Gasteiger partial charge in [-0.05, 0) is 20.9 Å². The summed E-state index contributed by atoms with van der Waals surface area (Å²) < 4.78 is 23.9. The lowest BCUT2D eigenvalue weighted by Gasteiger charge is -2.16. The van der Waals surface area contributed by atoms with Crippen molar-refractivity contribution in [3.05, 3.63) is 0 Å². The molecule has 0 aromatic carbocycles. The molecular formula is C7H16N2O4S. The lowest BCUT2D eigenvalue weighted by Crippen LogP contribution is -2.44. The molecule has 0 aliphatic heterocycles. The maximum Gasteiger partial charge on any atom is 0.251 e. The standard InChI is InChI=1S/C7H16N2O4S/c1-7(2,11)6(10)9-4-5-14(12,13)8-3/h8,11H,4-5H2,1-3H3,(H,9,10). The molecule has 3 N–H and O–H groups in total. The molecule has 0 saturated carbocycles. The Kier molecular flexibility index (Phi) is 4.50. The van der Waals surface area contributed by atoms with Gasteiger partial charge < -0.3 is 10.4 Å². The lowest BCUT2D eigenvalue weighted by atomic mass is 10.1. The van der Waals surface area contributed by atoms with E-state index < -0.39 is 21.5 Å². The van der Waals surface area contributed by atoms with Crippen molar-refractivity contribution >= 4 is 15.9 Å². The zero-order valence-electron chi connectivity index (χ0n) is 8.49. The van der Waals surface area contributed by atoms with Crippen molar-refractivity contribution in [1.29, 1.82) is 0 Å². The Hall–Kier alpha value is -0.660. The van der Waals surface area contributed by atoms with E-state index in [0.717, 1.165) is 0 Å². The maximum atomic E-state index is 11.1. The molecule has 14 heavy (non-hydrogen) atoms. The quantitative estimate of drug-likeness (QED) is 0.525. The molecule has 0 spiro atoms. The predicted octanol–water partition coefficient (Wildman–Crippen LogP) is -1.58. The number of aliphatic hydroxyl groups is 1. The van der Waals surface area contributed by atoms with Gasteiger partial charge in [0.25, 0.3) is 5.91 Å². The summed E-state index contributed by atoms with van der Waals surface area (Å²) in [5, 5.41) is 11.5. The molecule has 0 radical (unpaired) electrons. The fourth-order valence-electron chi connectivity index (χ4n) is 0.617. The van der Waals surface area contributed by atoms with Gasteiger partial charge in [-0.15, -0.1) is 0 Å². The molecule has 7 heteroatoms. The average molecular weight is 224 g/mol. The van der Waals surface area contributed by atoms with Gasteiger partial charge in [0.1, 0.15) is 5.60 Å². The highest BCUT2D eigenvalue weighted by molar-refractivity contribution is 7.89. The van der Waals surface area contributed by atoms with E-state index in [0.29, 0.717) is 0 Å². The minimum absolute atomic E-state index is 0.0218. The van der Waals surface area contributed by atoms with Crippen LogP contribution in [0.15, 0.2) is 0 Å². The normalized spacial score (nSPS) is 12.6. The largest absolute Gasteiger partial charge is 0.381 e. The Labute approximate surface area is 83.7 Å². The van der Waals surface area contributed by atoms with Gasteiger partial charge in [0.2, 0.25) is 10.0 Å². The molecule has 0 atom stereocenters. The van der Waals surface area contributed by atoms with Crippen LogP contribution in [0.2, 0.25) is 0 Å². The van der Waals surface area contributed by atoms with Crippen molar-refractivity contribution in [2.75, 3.05) is 19.3 Å². The van der Waals surface area contributed by atoms with Crippen LogP contribution in [-0.4, -0.2) is 44.4 Å². The van der Waals surface area contributed by atoms with Gasteiger partial charge in [-0.3, -0.25) is 4.79 Å². The Bertz CT molecular complexity index is 291. The number of sulfonamides is 1. The first-order valence-electron chi connectivity index (χ1n) is 4.11. The summed E-state index contributed by atoms with van der Waals surface area (Å²) >= 11 is 0. The Morgan fingerprint density at radius 1 is 1.43 bits per heavy atom. The van der Waals surface area contributed by atoms with Gasteiger partial charge in [0, 0.05) is 6.54 Å². The highest BCUT2D eigenvalue weighted by atomic mass is 32.2. The Balaban J connectivity index is 3.94. The Morgan fingerprint density at radius 2 is 1.93 bits per heavy atom. The third-order valence-corrected chi connectivity index (χ3v) is 2.89. The van der Waals surface area contributed by atoms with Crippen molar-refractivity contribution in [3.8, 4) is 0 Å². The number of carbonyl (C=O) groups excluding carboxylic acids is 1. The van der Waals surface area contributed by atoms with E-state index in [1.54, 1.807) is 0 Å². The predicted molar refractivity (Wildman–Crippen MR) is 52.2 cm³/mol. The van der Waals surface area contributed by atoms with Crippen LogP contribution in [0.5, 0.6) is 0 Å². The van der Waals surface area contributed by atoms with Gasteiger partial charge >= 0.3 is 0 Å². The smallest absolute Gasteiger partial charge is 0.251 e. The molecule has 0 aliphatic rings. The maximum absolute atomic E-state index is 11.1. The zero-order valence-corrected chi connectivity index (χ0v) is 9.31. The molecule has 1 amide bonds. The molecule has 0 fully saturated rings. The molecule has 0 unspecified atom stereocenters. The van der Waals surface area contributed by atoms with Crippen molar-refractivity contribution < 1.29 is 18.3 Å². The number of amides is 1. The second kappa shape index (κ2) is 4.72. The average Bonchev–Trinajstić information content (AvgIpc) is 2.02. The van der Waals surface area contributed by atoms with E-state index in [1.807, 2.05) is 0 Å². The van der Waals surface area contributed by atoms with E-state index in [-0.39, 0.29) is 12.3 Å². The summed E-state index contributed by atoms with van der Waals surface area (Å²) in [5.74, 6) is -0.797. The van der Waals surface area contributed by atoms with Crippen molar-refractivity contribution in [2.45, 2.75) is 19.4 Å². The van der Waals surface area contributed by atoms with Crippen LogP contribution in [0.25, 0.3) is 0 Å². The van der Waals surface area contributed by atoms with E-state index in [4.69, 9.17) is 0 Å². The molecule has 0 aromatic heterocycles. The lowest BCUT2D eigenvalue weighted by molar-refractivity contribution is -0.136. The van der Waals surface area contributed by atoms with Crippen molar-refractivity contribution in [2.24, 2.45) is 0 Å². The van der Waals surface area contributed by atoms with Crippen LogP contribution < -0.4 is 10.0 Å². The summed E-state index contributed by atoms with van der Waals surface area (Å²) in [6, 6.07) is 0. The highest BCUT2D eigenvalue weighted by Gasteiger charge is 2.23. The zero-order chi connectivity index (χ0) is 11.4. The molecule has 0 heterocycles. The van der Waals surface area contributed by atoms with Crippen LogP contribution in [0.3, 0.4) is 0 Å². The van der Waals surface area contributed by atoms with E-state index in [1.165, 1.54) is 20.9 Å². The summed E-state index contributed by atoms with van der Waals surface area (Å²) in [6.45, 7) is 2.63. The molecule has 0 rings (SSSR count). The van der Waals surface area contributed by atoms with Crippen LogP contribution in [0, 0.1) is 0 Å². The van der Waals surface area contributed by atoms with Gasteiger partial charge in [-0.1, -0.05) is 0 Å². The van der Waals surface area contributed by atoms with Crippen molar-refractivity contribution in [1.82, 2.24) is 10.0 Å². The molecule has 84 valence electrons. The van der Waals surface area contributed by atoms with Gasteiger partial charge in [-0.25, -0.2) is 13.1 Å². The highest BCUT2D eigenvalue weighted by Crippen LogP contribution is 1.99. The minimum Gasteiger partial charge on any atom is -0.381 e. The van der Waals surface area contributed by atoms with Crippen LogP contribution in [0.1, 0.15) is 13.8 Å². The molecule has 0 aliphatic carbocycles. The summed E-state index contributed by atoms with van der Waals surface area (Å²) in [7, 11) is -2.01. The number of hydrogen-bond donors (Lipinski definition) is 3. The van der Waals surface area contributed by atoms with E-state index in [2.05, 4.69) is 10.0 Å². The van der Waals surface area contributed by atoms with Gasteiger partial charge in [-0.2, -0.15) is 0 Å². The summed E-state index contributed by atoms with van der Waals surface area (Å²) in [5.41, 5.74) is -1.48. The third-order valence-electron chi connectivity index (χ3n) is 1.52. The number of nitrogens with one attached hydrogen (secondary N) is 2. The second-order valence-electron chi connectivity index (χ2n) is 3.34. The summed E-state index contributed by atoms with van der Waals surface area (Å²) in [6.07, 6.45) is 0. The van der Waals surface area contributed by atoms with E-state index >= 15 is 0 Å². The first-order chi connectivity index (χ1) is 6.19. The second-order valence-corrected chi connectivity index (χ2v) is 5.38. The van der Waals surface area contributed by atoms with Crippen molar-refractivity contribution in [3.63, 3.8) is 0 Å².